The van der Waals surface area contributed by atoms with Crippen molar-refractivity contribution in [2.24, 2.45) is 17.8 Å². The lowest BCUT2D eigenvalue weighted by Gasteiger charge is -2.37. The first-order valence-electron chi connectivity index (χ1n) is 6.83. The van der Waals surface area contributed by atoms with E-state index in [1.807, 2.05) is 0 Å². The van der Waals surface area contributed by atoms with Crippen LogP contribution in [0.15, 0.2) is 11.6 Å². The molecule has 0 N–H and O–H groups in total. The molecular formula is C14H23ClO2. The molecule has 0 spiro atoms. The van der Waals surface area contributed by atoms with E-state index in [0.29, 0.717) is 17.8 Å². The Kier molecular flexibility index (Phi) is 5.33. The fourth-order valence-corrected chi connectivity index (χ4v) is 2.98. The van der Waals surface area contributed by atoms with Crippen molar-refractivity contribution in [2.45, 2.75) is 45.3 Å². The van der Waals surface area contributed by atoms with Crippen molar-refractivity contribution in [3.63, 3.8) is 0 Å². The Labute approximate surface area is 109 Å². The van der Waals surface area contributed by atoms with Gasteiger partial charge in [-0.05, 0) is 38.0 Å². The molecular weight excluding hydrogens is 236 g/mol. The zero-order valence-corrected chi connectivity index (χ0v) is 11.4. The first-order valence-corrected chi connectivity index (χ1v) is 7.27. The van der Waals surface area contributed by atoms with Gasteiger partial charge in [0, 0.05) is 17.4 Å². The molecule has 0 radical (unpaired) electrons. The van der Waals surface area contributed by atoms with E-state index in [9.17, 15) is 0 Å². The fraction of sp³-hybridized carbons (Fsp3) is 0.857. The molecule has 0 bridgehead atoms. The Morgan fingerprint density at radius 3 is 2.29 bits per heavy atom. The summed E-state index contributed by atoms with van der Waals surface area (Å²) >= 11 is 5.62. The molecule has 0 unspecified atom stereocenters. The monoisotopic (exact) mass is 258 g/mol. The van der Waals surface area contributed by atoms with Crippen LogP contribution in [0.25, 0.3) is 0 Å². The molecule has 1 aliphatic carbocycles. The van der Waals surface area contributed by atoms with Crippen molar-refractivity contribution in [1.29, 1.82) is 0 Å². The second-order valence-corrected chi connectivity index (χ2v) is 5.55. The lowest BCUT2D eigenvalue weighted by molar-refractivity contribution is -0.229. The minimum absolute atomic E-state index is 0.0544. The highest BCUT2D eigenvalue weighted by Gasteiger charge is 2.31. The quantitative estimate of drug-likeness (QED) is 0.763. The van der Waals surface area contributed by atoms with Crippen LogP contribution in [0.1, 0.15) is 39.0 Å². The second kappa shape index (κ2) is 6.77. The van der Waals surface area contributed by atoms with Gasteiger partial charge in [0.05, 0.1) is 13.2 Å². The maximum Gasteiger partial charge on any atom is 0.160 e. The van der Waals surface area contributed by atoms with Gasteiger partial charge >= 0.3 is 0 Å². The summed E-state index contributed by atoms with van der Waals surface area (Å²) in [5.74, 6) is 1.85. The lowest BCUT2D eigenvalue weighted by Crippen LogP contribution is -2.38. The Morgan fingerprint density at radius 1 is 1.12 bits per heavy atom. The van der Waals surface area contributed by atoms with E-state index in [1.165, 1.54) is 25.7 Å². The highest BCUT2D eigenvalue weighted by Crippen LogP contribution is 2.34. The van der Waals surface area contributed by atoms with Crippen LogP contribution in [0.4, 0.5) is 0 Å². The van der Waals surface area contributed by atoms with Gasteiger partial charge in [-0.25, -0.2) is 0 Å². The third-order valence-corrected chi connectivity index (χ3v) is 4.26. The molecule has 0 aromatic carbocycles. The summed E-state index contributed by atoms with van der Waals surface area (Å²) in [7, 11) is 0. The average Bonchev–Trinajstić information content (AvgIpc) is 2.40. The van der Waals surface area contributed by atoms with E-state index in [2.05, 4.69) is 13.0 Å². The van der Waals surface area contributed by atoms with E-state index in [1.54, 1.807) is 5.54 Å². The standard InChI is InChI=1S/C14H23ClO2/c1-2-11-9-16-14(17-10-11)13-5-3-12(4-6-13)7-8-15/h7-8,11-14H,2-6,9-10H2,1H3. The van der Waals surface area contributed by atoms with Crippen molar-refractivity contribution in [2.75, 3.05) is 13.2 Å². The Hall–Kier alpha value is -0.0500. The first kappa shape index (κ1) is 13.4. The maximum absolute atomic E-state index is 5.85. The Balaban J connectivity index is 1.74. The van der Waals surface area contributed by atoms with Gasteiger partial charge in [0.15, 0.2) is 6.29 Å². The van der Waals surface area contributed by atoms with Gasteiger partial charge in [0.25, 0.3) is 0 Å². The molecule has 1 saturated carbocycles. The van der Waals surface area contributed by atoms with E-state index in [-0.39, 0.29) is 6.29 Å². The van der Waals surface area contributed by atoms with Crippen LogP contribution in [0.3, 0.4) is 0 Å². The molecule has 0 aromatic heterocycles. The number of halogens is 1. The molecule has 0 amide bonds. The van der Waals surface area contributed by atoms with Gasteiger partial charge in [0.1, 0.15) is 0 Å². The molecule has 1 aliphatic heterocycles. The van der Waals surface area contributed by atoms with Gasteiger partial charge in [0.2, 0.25) is 0 Å². The predicted molar refractivity (Wildman–Crippen MR) is 69.9 cm³/mol. The molecule has 2 rings (SSSR count). The summed E-state index contributed by atoms with van der Waals surface area (Å²) in [6.07, 6.45) is 8.16. The average molecular weight is 259 g/mol. The molecule has 0 aromatic rings. The van der Waals surface area contributed by atoms with Gasteiger partial charge in [-0.2, -0.15) is 0 Å². The summed E-state index contributed by atoms with van der Waals surface area (Å²) in [6, 6.07) is 0. The van der Waals surface area contributed by atoms with E-state index >= 15 is 0 Å². The molecule has 3 heteroatoms. The van der Waals surface area contributed by atoms with Crippen molar-refractivity contribution < 1.29 is 9.47 Å². The number of rotatable bonds is 3. The van der Waals surface area contributed by atoms with Gasteiger partial charge in [-0.1, -0.05) is 24.6 Å². The SMILES string of the molecule is CCC1COC(C2CCC(C=CCl)CC2)OC1. The molecule has 17 heavy (non-hydrogen) atoms. The normalized spacial score (nSPS) is 39.6. The van der Waals surface area contributed by atoms with Crippen molar-refractivity contribution in [3.8, 4) is 0 Å². The zero-order chi connectivity index (χ0) is 12.1. The topological polar surface area (TPSA) is 18.5 Å². The minimum Gasteiger partial charge on any atom is -0.352 e. The van der Waals surface area contributed by atoms with Crippen LogP contribution in [0.2, 0.25) is 0 Å². The van der Waals surface area contributed by atoms with Crippen LogP contribution in [-0.2, 0) is 9.47 Å². The largest absolute Gasteiger partial charge is 0.352 e. The molecule has 0 atom stereocenters. The molecule has 1 heterocycles. The summed E-state index contributed by atoms with van der Waals surface area (Å²) in [5, 5.41) is 0. The summed E-state index contributed by atoms with van der Waals surface area (Å²) in [4.78, 5) is 0. The Morgan fingerprint density at radius 2 is 1.76 bits per heavy atom. The maximum atomic E-state index is 5.85. The van der Waals surface area contributed by atoms with Gasteiger partial charge < -0.3 is 9.47 Å². The van der Waals surface area contributed by atoms with Crippen LogP contribution in [-0.4, -0.2) is 19.5 Å². The smallest absolute Gasteiger partial charge is 0.160 e. The highest BCUT2D eigenvalue weighted by molar-refractivity contribution is 6.25. The first-order chi connectivity index (χ1) is 8.33. The summed E-state index contributed by atoms with van der Waals surface area (Å²) in [6.45, 7) is 3.95. The third kappa shape index (κ3) is 3.70. The number of hydrogen-bond donors (Lipinski definition) is 0. The summed E-state index contributed by atoms with van der Waals surface area (Å²) in [5.41, 5.74) is 1.66. The van der Waals surface area contributed by atoms with Crippen LogP contribution in [0.5, 0.6) is 0 Å². The predicted octanol–water partition coefficient (Wildman–Crippen LogP) is 3.94. The summed E-state index contributed by atoms with van der Waals surface area (Å²) < 4.78 is 11.7. The van der Waals surface area contributed by atoms with Crippen LogP contribution >= 0.6 is 11.6 Å². The second-order valence-electron chi connectivity index (χ2n) is 5.30. The molecule has 2 aliphatic rings. The number of ether oxygens (including phenoxy) is 2. The lowest BCUT2D eigenvalue weighted by atomic mass is 9.81. The fourth-order valence-electron chi connectivity index (χ4n) is 2.78. The van der Waals surface area contributed by atoms with Crippen molar-refractivity contribution in [1.82, 2.24) is 0 Å². The third-order valence-electron chi connectivity index (χ3n) is 4.12. The number of allylic oxidation sites excluding steroid dienone is 1. The van der Waals surface area contributed by atoms with Crippen molar-refractivity contribution >= 4 is 11.6 Å². The Bertz CT molecular complexity index is 239. The van der Waals surface area contributed by atoms with Crippen LogP contribution in [0, 0.1) is 17.8 Å². The van der Waals surface area contributed by atoms with E-state index in [4.69, 9.17) is 21.1 Å². The zero-order valence-electron chi connectivity index (χ0n) is 10.6. The molecule has 2 nitrogen and oxygen atoms in total. The van der Waals surface area contributed by atoms with Gasteiger partial charge in [-0.3, -0.25) is 0 Å². The van der Waals surface area contributed by atoms with E-state index in [0.717, 1.165) is 19.6 Å². The highest BCUT2D eigenvalue weighted by atomic mass is 35.5. The molecule has 2 fully saturated rings. The van der Waals surface area contributed by atoms with E-state index < -0.39 is 0 Å². The molecule has 98 valence electrons. The molecule has 1 saturated heterocycles. The number of hydrogen-bond acceptors (Lipinski definition) is 2. The minimum atomic E-state index is 0.0544. The van der Waals surface area contributed by atoms with Crippen LogP contribution < -0.4 is 0 Å². The van der Waals surface area contributed by atoms with Gasteiger partial charge in [-0.15, -0.1) is 0 Å². The van der Waals surface area contributed by atoms with Crippen molar-refractivity contribution in [3.05, 3.63) is 11.6 Å².